The molecule has 1 rings (SSSR count). The number of rotatable bonds is 7. The van der Waals surface area contributed by atoms with Gasteiger partial charge < -0.3 is 19.7 Å². The van der Waals surface area contributed by atoms with Gasteiger partial charge in [-0.15, -0.1) is 0 Å². The molecular formula is C15H20Cl2N2O4. The van der Waals surface area contributed by atoms with E-state index >= 15 is 0 Å². The Balaban J connectivity index is 2.80. The first-order chi connectivity index (χ1) is 10.9. The van der Waals surface area contributed by atoms with Gasteiger partial charge >= 0.3 is 12.0 Å². The third-order valence-corrected chi connectivity index (χ3v) is 3.79. The molecule has 0 bridgehead atoms. The Morgan fingerprint density at radius 2 is 2.00 bits per heavy atom. The largest absolute Gasteiger partial charge is 0.467 e. The van der Waals surface area contributed by atoms with E-state index in [1.54, 1.807) is 32.4 Å². The Morgan fingerprint density at radius 3 is 2.57 bits per heavy atom. The average molecular weight is 363 g/mol. The molecule has 0 aliphatic carbocycles. The molecule has 0 radical (unpaired) electrons. The zero-order chi connectivity index (χ0) is 17.4. The molecule has 0 heterocycles. The van der Waals surface area contributed by atoms with Crippen LogP contribution >= 0.6 is 23.2 Å². The number of carbonyl (C=O) groups excluding carboxylic acids is 2. The third kappa shape index (κ3) is 6.25. The van der Waals surface area contributed by atoms with Crippen LogP contribution in [0.3, 0.4) is 0 Å². The van der Waals surface area contributed by atoms with Crippen LogP contribution in [0.15, 0.2) is 18.2 Å². The first kappa shape index (κ1) is 19.5. The van der Waals surface area contributed by atoms with Crippen LogP contribution in [0.1, 0.15) is 5.56 Å². The van der Waals surface area contributed by atoms with Crippen LogP contribution in [0, 0.1) is 0 Å². The molecule has 0 unspecified atom stereocenters. The molecule has 128 valence electrons. The molecule has 0 aliphatic rings. The molecule has 0 aliphatic heterocycles. The van der Waals surface area contributed by atoms with E-state index in [-0.39, 0.29) is 6.42 Å². The van der Waals surface area contributed by atoms with Gasteiger partial charge in [0.2, 0.25) is 0 Å². The number of nitrogens with one attached hydrogen (secondary N) is 1. The maximum absolute atomic E-state index is 12.1. The highest BCUT2D eigenvalue weighted by Crippen LogP contribution is 2.22. The van der Waals surface area contributed by atoms with Crippen molar-refractivity contribution in [1.82, 2.24) is 10.2 Å². The van der Waals surface area contributed by atoms with Gasteiger partial charge in [-0.1, -0.05) is 29.3 Å². The highest BCUT2D eigenvalue weighted by molar-refractivity contribution is 6.35. The van der Waals surface area contributed by atoms with E-state index in [4.69, 9.17) is 32.7 Å². The fourth-order valence-corrected chi connectivity index (χ4v) is 2.32. The van der Waals surface area contributed by atoms with Crippen LogP contribution in [0.25, 0.3) is 0 Å². The Labute approximate surface area is 145 Å². The lowest BCUT2D eigenvalue weighted by Gasteiger charge is -2.22. The van der Waals surface area contributed by atoms with E-state index in [0.717, 1.165) is 0 Å². The summed E-state index contributed by atoms with van der Waals surface area (Å²) in [4.78, 5) is 25.4. The summed E-state index contributed by atoms with van der Waals surface area (Å²) in [7, 11) is 4.42. The molecular weight excluding hydrogens is 343 g/mol. The van der Waals surface area contributed by atoms with Crippen LogP contribution in [0.5, 0.6) is 0 Å². The van der Waals surface area contributed by atoms with Crippen molar-refractivity contribution in [2.75, 3.05) is 34.4 Å². The number of hydrogen-bond acceptors (Lipinski definition) is 4. The number of nitrogens with zero attached hydrogens (tertiary/aromatic N) is 1. The minimum atomic E-state index is -0.851. The van der Waals surface area contributed by atoms with Crippen LogP contribution < -0.4 is 5.32 Å². The standard InChI is InChI=1S/C15H20Cl2N2O4/c1-19(6-7-22-2)15(21)18-13(14(20)23-3)8-10-4-5-11(16)9-12(10)17/h4-5,9,13H,6-8H2,1-3H3,(H,18,21)/t13-/m1/s1. The van der Waals surface area contributed by atoms with Crippen molar-refractivity contribution < 1.29 is 19.1 Å². The number of benzene rings is 1. The Hall–Kier alpha value is -1.50. The maximum atomic E-state index is 12.1. The van der Waals surface area contributed by atoms with Crippen LogP contribution in [0.2, 0.25) is 10.0 Å². The molecule has 0 saturated carbocycles. The van der Waals surface area contributed by atoms with Gasteiger partial charge in [-0.25, -0.2) is 9.59 Å². The van der Waals surface area contributed by atoms with Crippen molar-refractivity contribution in [1.29, 1.82) is 0 Å². The third-order valence-electron chi connectivity index (χ3n) is 3.20. The summed E-state index contributed by atoms with van der Waals surface area (Å²) in [5, 5.41) is 3.55. The molecule has 8 heteroatoms. The van der Waals surface area contributed by atoms with Crippen molar-refractivity contribution in [2.45, 2.75) is 12.5 Å². The fraction of sp³-hybridized carbons (Fsp3) is 0.467. The van der Waals surface area contributed by atoms with E-state index in [9.17, 15) is 9.59 Å². The van der Waals surface area contributed by atoms with Crippen LogP contribution in [-0.4, -0.2) is 57.4 Å². The van der Waals surface area contributed by atoms with E-state index < -0.39 is 18.0 Å². The Morgan fingerprint density at radius 1 is 1.30 bits per heavy atom. The molecule has 0 aromatic heterocycles. The number of hydrogen-bond donors (Lipinski definition) is 1. The first-order valence-corrected chi connectivity index (χ1v) is 7.67. The topological polar surface area (TPSA) is 67.9 Å². The minimum absolute atomic E-state index is 0.201. The molecule has 1 aromatic carbocycles. The van der Waals surface area contributed by atoms with E-state index in [1.807, 2.05) is 0 Å². The number of urea groups is 1. The van der Waals surface area contributed by atoms with E-state index in [0.29, 0.717) is 28.8 Å². The van der Waals surface area contributed by atoms with Crippen molar-refractivity contribution in [3.8, 4) is 0 Å². The SMILES string of the molecule is COCCN(C)C(=O)N[C@H](Cc1ccc(Cl)cc1Cl)C(=O)OC. The monoisotopic (exact) mass is 362 g/mol. The van der Waals surface area contributed by atoms with E-state index in [1.165, 1.54) is 12.0 Å². The van der Waals surface area contributed by atoms with Crippen molar-refractivity contribution in [2.24, 2.45) is 0 Å². The molecule has 23 heavy (non-hydrogen) atoms. The smallest absolute Gasteiger partial charge is 0.328 e. The van der Waals surface area contributed by atoms with Gasteiger partial charge in [-0.05, 0) is 17.7 Å². The molecule has 0 fully saturated rings. The van der Waals surface area contributed by atoms with Gasteiger partial charge in [0, 0.05) is 37.2 Å². The summed E-state index contributed by atoms with van der Waals surface area (Å²) in [5.41, 5.74) is 0.686. The van der Waals surface area contributed by atoms with Gasteiger partial charge in [0.25, 0.3) is 0 Å². The Kier molecular flexibility index (Phi) is 8.16. The molecule has 1 atom stereocenters. The van der Waals surface area contributed by atoms with E-state index in [2.05, 4.69) is 5.32 Å². The predicted molar refractivity (Wildman–Crippen MR) is 89.0 cm³/mol. The summed E-state index contributed by atoms with van der Waals surface area (Å²) in [6.07, 6.45) is 0.201. The van der Waals surface area contributed by atoms with Gasteiger partial charge in [0.05, 0.1) is 13.7 Å². The van der Waals surface area contributed by atoms with Crippen LogP contribution in [0.4, 0.5) is 4.79 Å². The van der Waals surface area contributed by atoms with Gasteiger partial charge in [-0.2, -0.15) is 0 Å². The maximum Gasteiger partial charge on any atom is 0.328 e. The molecule has 0 saturated heterocycles. The van der Waals surface area contributed by atoms with Crippen molar-refractivity contribution in [3.05, 3.63) is 33.8 Å². The number of methoxy groups -OCH3 is 2. The summed E-state index contributed by atoms with van der Waals surface area (Å²) in [6.45, 7) is 0.799. The normalized spacial score (nSPS) is 11.7. The number of esters is 1. The van der Waals surface area contributed by atoms with Gasteiger partial charge in [0.1, 0.15) is 6.04 Å². The molecule has 6 nitrogen and oxygen atoms in total. The number of halogens is 2. The molecule has 1 N–H and O–H groups in total. The highest BCUT2D eigenvalue weighted by atomic mass is 35.5. The number of ether oxygens (including phenoxy) is 2. The van der Waals surface area contributed by atoms with Crippen LogP contribution in [-0.2, 0) is 20.7 Å². The summed E-state index contributed by atoms with van der Waals surface area (Å²) in [6, 6.07) is 3.71. The highest BCUT2D eigenvalue weighted by Gasteiger charge is 2.24. The number of amides is 2. The molecule has 1 aromatic rings. The molecule has 0 spiro atoms. The number of likely N-dealkylation sites (N-methyl/N-ethyl adjacent to an activating group) is 1. The summed E-state index contributed by atoms with van der Waals surface area (Å²) >= 11 is 12.0. The second-order valence-electron chi connectivity index (χ2n) is 4.88. The fourth-order valence-electron chi connectivity index (χ4n) is 1.83. The number of carbonyl (C=O) groups is 2. The predicted octanol–water partition coefficient (Wildman–Crippen LogP) is 2.37. The second kappa shape index (κ2) is 9.60. The summed E-state index contributed by atoms with van der Waals surface area (Å²) in [5.74, 6) is -0.551. The van der Waals surface area contributed by atoms with Gasteiger partial charge in [0.15, 0.2) is 0 Å². The van der Waals surface area contributed by atoms with Gasteiger partial charge in [-0.3, -0.25) is 0 Å². The lowest BCUT2D eigenvalue weighted by Crippen LogP contribution is -2.48. The summed E-state index contributed by atoms with van der Waals surface area (Å²) < 4.78 is 9.66. The second-order valence-corrected chi connectivity index (χ2v) is 5.72. The van der Waals surface area contributed by atoms with Crippen molar-refractivity contribution in [3.63, 3.8) is 0 Å². The lowest BCUT2D eigenvalue weighted by molar-refractivity contribution is -0.142. The molecule has 2 amide bonds. The first-order valence-electron chi connectivity index (χ1n) is 6.91. The Bertz CT molecular complexity index is 554. The zero-order valence-corrected chi connectivity index (χ0v) is 14.8. The quantitative estimate of drug-likeness (QED) is 0.756. The van der Waals surface area contributed by atoms with Crippen molar-refractivity contribution >= 4 is 35.2 Å². The minimum Gasteiger partial charge on any atom is -0.467 e. The zero-order valence-electron chi connectivity index (χ0n) is 13.3. The lowest BCUT2D eigenvalue weighted by atomic mass is 10.1. The average Bonchev–Trinajstić information content (AvgIpc) is 2.53.